The van der Waals surface area contributed by atoms with Gasteiger partial charge in [0.2, 0.25) is 5.91 Å². The zero-order valence-electron chi connectivity index (χ0n) is 16.1. The summed E-state index contributed by atoms with van der Waals surface area (Å²) in [5, 5.41) is 2.96. The van der Waals surface area contributed by atoms with Gasteiger partial charge in [0.05, 0.1) is 18.8 Å². The van der Waals surface area contributed by atoms with Crippen LogP contribution in [0.1, 0.15) is 43.9 Å². The van der Waals surface area contributed by atoms with Crippen molar-refractivity contribution in [2.45, 2.75) is 39.7 Å². The van der Waals surface area contributed by atoms with Crippen molar-refractivity contribution in [1.82, 2.24) is 14.5 Å². The molecule has 0 spiro atoms. The largest absolute Gasteiger partial charge is 0.494 e. The molecule has 0 atom stereocenters. The highest BCUT2D eigenvalue weighted by molar-refractivity contribution is 5.92. The molecular formula is C20H28N4O2. The number of imidazole rings is 1. The van der Waals surface area contributed by atoms with Crippen LogP contribution in [0.5, 0.6) is 5.75 Å². The Bertz CT molecular complexity index is 765. The van der Waals surface area contributed by atoms with E-state index in [4.69, 9.17) is 9.72 Å². The molecule has 6 nitrogen and oxygen atoms in total. The number of hydrogen-bond acceptors (Lipinski definition) is 4. The number of carbonyl (C=O) groups is 1. The van der Waals surface area contributed by atoms with Crippen molar-refractivity contribution in [2.75, 3.05) is 25.0 Å². The lowest BCUT2D eigenvalue weighted by Gasteiger charge is -2.26. The van der Waals surface area contributed by atoms with E-state index in [1.165, 1.54) is 5.69 Å². The van der Waals surface area contributed by atoms with Gasteiger partial charge in [-0.1, -0.05) is 13.8 Å². The second-order valence-corrected chi connectivity index (χ2v) is 7.04. The summed E-state index contributed by atoms with van der Waals surface area (Å²) in [5.74, 6) is 2.33. The normalized spacial score (nSPS) is 14.3. The maximum atomic E-state index is 12.4. The molecule has 1 aromatic carbocycles. The molecule has 1 aliphatic heterocycles. The van der Waals surface area contributed by atoms with Gasteiger partial charge in [-0.2, -0.15) is 0 Å². The van der Waals surface area contributed by atoms with Crippen molar-refractivity contribution in [3.8, 4) is 5.75 Å². The first-order valence-electron chi connectivity index (χ1n) is 9.27. The van der Waals surface area contributed by atoms with Crippen molar-refractivity contribution in [2.24, 2.45) is 7.05 Å². The average Bonchev–Trinajstić information content (AvgIpc) is 2.93. The van der Waals surface area contributed by atoms with E-state index in [2.05, 4.69) is 35.7 Å². The number of aromatic nitrogens is 2. The third-order valence-corrected chi connectivity index (χ3v) is 4.70. The molecule has 1 N–H and O–H groups in total. The van der Waals surface area contributed by atoms with Gasteiger partial charge in [-0.15, -0.1) is 0 Å². The van der Waals surface area contributed by atoms with Crippen LogP contribution in [0.2, 0.25) is 0 Å². The first kappa shape index (κ1) is 18.5. The predicted molar refractivity (Wildman–Crippen MR) is 103 cm³/mol. The van der Waals surface area contributed by atoms with Gasteiger partial charge in [0.25, 0.3) is 0 Å². The topological polar surface area (TPSA) is 59.4 Å². The highest BCUT2D eigenvalue weighted by Crippen LogP contribution is 2.23. The number of ether oxygens (including phenoxy) is 1. The Labute approximate surface area is 155 Å². The number of hydrogen-bond donors (Lipinski definition) is 1. The molecule has 140 valence electrons. The van der Waals surface area contributed by atoms with E-state index in [9.17, 15) is 4.79 Å². The van der Waals surface area contributed by atoms with E-state index in [1.54, 1.807) is 0 Å². The molecule has 1 aromatic heterocycles. The molecule has 0 saturated carbocycles. The van der Waals surface area contributed by atoms with Gasteiger partial charge >= 0.3 is 0 Å². The quantitative estimate of drug-likeness (QED) is 0.864. The summed E-state index contributed by atoms with van der Waals surface area (Å²) in [4.78, 5) is 19.3. The van der Waals surface area contributed by atoms with Crippen LogP contribution in [0, 0.1) is 0 Å². The number of nitrogens with one attached hydrogen (secondary N) is 1. The van der Waals surface area contributed by atoms with Gasteiger partial charge in [0.1, 0.15) is 11.6 Å². The minimum Gasteiger partial charge on any atom is -0.494 e. The monoisotopic (exact) mass is 356 g/mol. The van der Waals surface area contributed by atoms with Gasteiger partial charge in [0.15, 0.2) is 0 Å². The molecular weight excluding hydrogens is 328 g/mol. The SMILES string of the molecule is CCOc1ccc(NC(=O)CN2CCc3c(nc(C(C)C)n3C)C2)cc1. The molecule has 6 heteroatoms. The molecule has 26 heavy (non-hydrogen) atoms. The third kappa shape index (κ3) is 4.07. The summed E-state index contributed by atoms with van der Waals surface area (Å²) in [5.41, 5.74) is 3.20. The standard InChI is InChI=1S/C20H28N4O2/c1-5-26-16-8-6-15(7-9-16)21-19(25)13-24-11-10-18-17(12-24)22-20(14(2)3)23(18)4/h6-9,14H,5,10-13H2,1-4H3,(H,21,25). The van der Waals surface area contributed by atoms with Gasteiger partial charge in [-0.25, -0.2) is 4.98 Å². The molecule has 2 heterocycles. The number of carbonyl (C=O) groups excluding carboxylic acids is 1. The lowest BCUT2D eigenvalue weighted by Crippen LogP contribution is -2.37. The van der Waals surface area contributed by atoms with E-state index < -0.39 is 0 Å². The Morgan fingerprint density at radius 3 is 2.69 bits per heavy atom. The molecule has 2 aromatic rings. The molecule has 0 fully saturated rings. The first-order valence-corrected chi connectivity index (χ1v) is 9.27. The number of benzene rings is 1. The van der Waals surface area contributed by atoms with E-state index in [-0.39, 0.29) is 5.91 Å². The molecule has 3 rings (SSSR count). The zero-order chi connectivity index (χ0) is 18.7. The maximum absolute atomic E-state index is 12.4. The Kier molecular flexibility index (Phi) is 5.61. The fraction of sp³-hybridized carbons (Fsp3) is 0.500. The van der Waals surface area contributed by atoms with Crippen LogP contribution in [0.4, 0.5) is 5.69 Å². The number of anilines is 1. The summed E-state index contributed by atoms with van der Waals surface area (Å²) in [6, 6.07) is 7.47. The summed E-state index contributed by atoms with van der Waals surface area (Å²) >= 11 is 0. The van der Waals surface area contributed by atoms with Crippen LogP contribution in [-0.2, 0) is 24.8 Å². The number of fused-ring (bicyclic) bond motifs is 1. The Morgan fingerprint density at radius 2 is 2.04 bits per heavy atom. The maximum Gasteiger partial charge on any atom is 0.238 e. The highest BCUT2D eigenvalue weighted by atomic mass is 16.5. The minimum atomic E-state index is -0.00220. The number of nitrogens with zero attached hydrogens (tertiary/aromatic N) is 3. The Balaban J connectivity index is 1.58. The number of rotatable bonds is 6. The molecule has 0 bridgehead atoms. The van der Waals surface area contributed by atoms with E-state index in [0.717, 1.165) is 42.5 Å². The van der Waals surface area contributed by atoms with E-state index in [0.29, 0.717) is 19.1 Å². The smallest absolute Gasteiger partial charge is 0.238 e. The molecule has 1 aliphatic rings. The Morgan fingerprint density at radius 1 is 1.31 bits per heavy atom. The van der Waals surface area contributed by atoms with Gasteiger partial charge < -0.3 is 14.6 Å². The molecule has 0 unspecified atom stereocenters. The molecule has 0 radical (unpaired) electrons. The second kappa shape index (κ2) is 7.91. The predicted octanol–water partition coefficient (Wildman–Crippen LogP) is 2.94. The summed E-state index contributed by atoms with van der Waals surface area (Å²) in [6.07, 6.45) is 0.932. The zero-order valence-corrected chi connectivity index (χ0v) is 16.1. The van der Waals surface area contributed by atoms with Crippen molar-refractivity contribution < 1.29 is 9.53 Å². The third-order valence-electron chi connectivity index (χ3n) is 4.70. The van der Waals surface area contributed by atoms with Crippen LogP contribution in [0.3, 0.4) is 0 Å². The lowest BCUT2D eigenvalue weighted by atomic mass is 10.1. The van der Waals surface area contributed by atoms with Crippen LogP contribution in [-0.4, -0.2) is 40.1 Å². The fourth-order valence-electron chi connectivity index (χ4n) is 3.46. The highest BCUT2D eigenvalue weighted by Gasteiger charge is 2.24. The van der Waals surface area contributed by atoms with Gasteiger partial charge in [-0.3, -0.25) is 9.69 Å². The van der Waals surface area contributed by atoms with Crippen LogP contribution in [0.25, 0.3) is 0 Å². The molecule has 1 amide bonds. The lowest BCUT2D eigenvalue weighted by molar-refractivity contribution is -0.117. The van der Waals surface area contributed by atoms with E-state index in [1.807, 2.05) is 31.2 Å². The van der Waals surface area contributed by atoms with Crippen molar-refractivity contribution in [3.05, 3.63) is 41.5 Å². The van der Waals surface area contributed by atoms with Gasteiger partial charge in [0, 0.05) is 43.9 Å². The summed E-state index contributed by atoms with van der Waals surface area (Å²) in [6.45, 7) is 8.89. The molecule has 0 aliphatic carbocycles. The van der Waals surface area contributed by atoms with Crippen molar-refractivity contribution in [3.63, 3.8) is 0 Å². The average molecular weight is 356 g/mol. The van der Waals surface area contributed by atoms with Crippen LogP contribution < -0.4 is 10.1 Å². The second-order valence-electron chi connectivity index (χ2n) is 7.04. The summed E-state index contributed by atoms with van der Waals surface area (Å²) < 4.78 is 7.64. The number of amides is 1. The Hall–Kier alpha value is -2.34. The molecule has 0 saturated heterocycles. The van der Waals surface area contributed by atoms with Crippen molar-refractivity contribution >= 4 is 11.6 Å². The van der Waals surface area contributed by atoms with Crippen molar-refractivity contribution in [1.29, 1.82) is 0 Å². The van der Waals surface area contributed by atoms with Crippen LogP contribution in [0.15, 0.2) is 24.3 Å². The van der Waals surface area contributed by atoms with E-state index >= 15 is 0 Å². The minimum absolute atomic E-state index is 0.00220. The first-order chi connectivity index (χ1) is 12.5. The fourth-order valence-corrected chi connectivity index (χ4v) is 3.46. The van der Waals surface area contributed by atoms with Crippen LogP contribution >= 0.6 is 0 Å². The van der Waals surface area contributed by atoms with Gasteiger partial charge in [-0.05, 0) is 31.2 Å². The summed E-state index contributed by atoms with van der Waals surface area (Å²) in [7, 11) is 2.09.